The van der Waals surface area contributed by atoms with Crippen LogP contribution in [0.25, 0.3) is 0 Å². The second-order valence-corrected chi connectivity index (χ2v) is 7.46. The predicted molar refractivity (Wildman–Crippen MR) is 73.6 cm³/mol. The molecule has 7 heteroatoms. The van der Waals surface area contributed by atoms with E-state index in [1.807, 2.05) is 13.8 Å². The molecule has 0 aromatic heterocycles. The molecule has 0 aromatic rings. The third kappa shape index (κ3) is 5.46. The molecule has 1 saturated heterocycles. The van der Waals surface area contributed by atoms with Gasteiger partial charge in [-0.15, -0.1) is 0 Å². The van der Waals surface area contributed by atoms with Crippen LogP contribution >= 0.6 is 0 Å². The molecule has 2 N–H and O–H groups in total. The van der Waals surface area contributed by atoms with Crippen LogP contribution in [-0.2, 0) is 14.6 Å². The number of rotatable bonds is 7. The van der Waals surface area contributed by atoms with E-state index >= 15 is 0 Å². The first-order valence-corrected chi connectivity index (χ1v) is 8.52. The maximum Gasteiger partial charge on any atom is 0.224 e. The first kappa shape index (κ1) is 16.4. The fourth-order valence-electron chi connectivity index (χ4n) is 2.25. The Hall–Kier alpha value is -0.660. The molecular weight excluding hydrogens is 268 g/mol. The van der Waals surface area contributed by atoms with Crippen LogP contribution in [0.15, 0.2) is 0 Å². The van der Waals surface area contributed by atoms with Crippen LogP contribution in [0.5, 0.6) is 0 Å². The number of amides is 1. The number of carbonyl (C=O) groups is 1. The summed E-state index contributed by atoms with van der Waals surface area (Å²) in [6, 6.07) is 0.0367. The summed E-state index contributed by atoms with van der Waals surface area (Å²) in [5.41, 5.74) is 0. The Morgan fingerprint density at radius 2 is 2.16 bits per heavy atom. The predicted octanol–water partition coefficient (Wildman–Crippen LogP) is -0.617. The van der Waals surface area contributed by atoms with Crippen LogP contribution in [0.4, 0.5) is 0 Å². The summed E-state index contributed by atoms with van der Waals surface area (Å²) >= 11 is 0. The summed E-state index contributed by atoms with van der Waals surface area (Å²) in [6.07, 6.45) is 0.806. The van der Waals surface area contributed by atoms with Gasteiger partial charge in [0.2, 0.25) is 5.91 Å². The number of nitrogens with zero attached hydrogens (tertiary/aromatic N) is 1. The summed E-state index contributed by atoms with van der Waals surface area (Å²) in [4.78, 5) is 13.6. The van der Waals surface area contributed by atoms with E-state index in [0.717, 1.165) is 0 Å². The van der Waals surface area contributed by atoms with Crippen molar-refractivity contribution in [3.8, 4) is 0 Å². The van der Waals surface area contributed by atoms with Crippen molar-refractivity contribution < 1.29 is 18.3 Å². The van der Waals surface area contributed by atoms with Crippen molar-refractivity contribution in [3.63, 3.8) is 0 Å². The maximum absolute atomic E-state index is 12.1. The fourth-order valence-corrected chi connectivity index (χ4v) is 3.98. The normalized spacial score (nSPS) is 21.8. The minimum atomic E-state index is -3.02. The second kappa shape index (κ2) is 7.21. The topological polar surface area (TPSA) is 86.7 Å². The zero-order chi connectivity index (χ0) is 14.5. The lowest BCUT2D eigenvalue weighted by atomic mass is 10.2. The molecule has 1 fully saturated rings. The van der Waals surface area contributed by atoms with Crippen LogP contribution in [0.3, 0.4) is 0 Å². The number of hydrogen-bond donors (Lipinski definition) is 2. The van der Waals surface area contributed by atoms with Gasteiger partial charge < -0.3 is 15.3 Å². The number of aliphatic hydroxyl groups excluding tert-OH is 1. The quantitative estimate of drug-likeness (QED) is 0.653. The van der Waals surface area contributed by atoms with Gasteiger partial charge in [-0.1, -0.05) is 13.8 Å². The van der Waals surface area contributed by atoms with Gasteiger partial charge in [0, 0.05) is 31.6 Å². The molecule has 0 aromatic carbocycles. The van der Waals surface area contributed by atoms with Crippen LogP contribution < -0.4 is 5.32 Å². The number of nitrogens with one attached hydrogen (secondary N) is 1. The van der Waals surface area contributed by atoms with Crippen molar-refractivity contribution >= 4 is 15.7 Å². The van der Waals surface area contributed by atoms with E-state index in [0.29, 0.717) is 25.4 Å². The van der Waals surface area contributed by atoms with Crippen molar-refractivity contribution in [1.29, 1.82) is 0 Å². The van der Waals surface area contributed by atoms with Gasteiger partial charge in [0.1, 0.15) is 0 Å². The molecule has 0 radical (unpaired) electrons. The van der Waals surface area contributed by atoms with Gasteiger partial charge >= 0.3 is 0 Å². The van der Waals surface area contributed by atoms with Gasteiger partial charge in [0.25, 0.3) is 0 Å². The largest absolute Gasteiger partial charge is 0.395 e. The minimum Gasteiger partial charge on any atom is -0.395 e. The van der Waals surface area contributed by atoms with Crippen molar-refractivity contribution in [3.05, 3.63) is 0 Å². The second-order valence-electron chi connectivity index (χ2n) is 5.23. The highest BCUT2D eigenvalue weighted by molar-refractivity contribution is 7.91. The number of sulfone groups is 1. The van der Waals surface area contributed by atoms with E-state index < -0.39 is 9.84 Å². The molecule has 1 heterocycles. The van der Waals surface area contributed by atoms with E-state index in [1.54, 1.807) is 0 Å². The van der Waals surface area contributed by atoms with E-state index in [9.17, 15) is 13.2 Å². The van der Waals surface area contributed by atoms with Gasteiger partial charge in [0.05, 0.1) is 18.1 Å². The highest BCUT2D eigenvalue weighted by Crippen LogP contribution is 2.18. The summed E-state index contributed by atoms with van der Waals surface area (Å²) in [5.74, 6) is 0.0669. The highest BCUT2D eigenvalue weighted by atomic mass is 32.2. The van der Waals surface area contributed by atoms with Crippen molar-refractivity contribution in [2.24, 2.45) is 0 Å². The molecule has 1 aliphatic rings. The molecule has 0 saturated carbocycles. The lowest BCUT2D eigenvalue weighted by Crippen LogP contribution is -2.44. The Bertz CT molecular complexity index is 395. The van der Waals surface area contributed by atoms with Crippen LogP contribution in [-0.4, -0.2) is 67.6 Å². The summed E-state index contributed by atoms with van der Waals surface area (Å²) in [5, 5.41) is 12.2. The average Bonchev–Trinajstić information content (AvgIpc) is 2.65. The summed E-state index contributed by atoms with van der Waals surface area (Å²) in [6.45, 7) is 4.64. The molecule has 1 rings (SSSR count). The Morgan fingerprint density at radius 1 is 1.47 bits per heavy atom. The first-order chi connectivity index (χ1) is 8.85. The third-order valence-electron chi connectivity index (χ3n) is 3.20. The molecule has 0 bridgehead atoms. The molecule has 112 valence electrons. The number of carbonyl (C=O) groups excluding carboxylic acids is 1. The lowest BCUT2D eigenvalue weighted by Gasteiger charge is -2.27. The maximum atomic E-state index is 12.1. The van der Waals surface area contributed by atoms with Gasteiger partial charge in [-0.3, -0.25) is 4.79 Å². The molecule has 19 heavy (non-hydrogen) atoms. The third-order valence-corrected chi connectivity index (χ3v) is 4.95. The fraction of sp³-hybridized carbons (Fsp3) is 0.917. The molecule has 0 spiro atoms. The lowest BCUT2D eigenvalue weighted by molar-refractivity contribution is -0.133. The SMILES string of the molecule is CC(C)NCCC(=O)N(CCO)C1CCS(=O)(=O)C1. The van der Waals surface area contributed by atoms with E-state index in [1.165, 1.54) is 4.90 Å². The molecule has 1 unspecified atom stereocenters. The Balaban J connectivity index is 2.54. The molecule has 1 aliphatic heterocycles. The molecule has 6 nitrogen and oxygen atoms in total. The standard InChI is InChI=1S/C12H24N2O4S/c1-10(2)13-5-3-12(16)14(6-7-15)11-4-8-19(17,18)9-11/h10-11,13,15H,3-9H2,1-2H3. The van der Waals surface area contributed by atoms with Crippen molar-refractivity contribution in [2.45, 2.75) is 38.8 Å². The van der Waals surface area contributed by atoms with E-state index in [4.69, 9.17) is 5.11 Å². The minimum absolute atomic E-state index is 0.0242. The Morgan fingerprint density at radius 3 is 2.63 bits per heavy atom. The van der Waals surface area contributed by atoms with Gasteiger partial charge in [0.15, 0.2) is 9.84 Å². The van der Waals surface area contributed by atoms with E-state index in [2.05, 4.69) is 5.32 Å². The Kier molecular flexibility index (Phi) is 6.22. The van der Waals surface area contributed by atoms with Crippen LogP contribution in [0, 0.1) is 0 Å². The molecular formula is C12H24N2O4S. The average molecular weight is 292 g/mol. The van der Waals surface area contributed by atoms with E-state index in [-0.39, 0.29) is 36.6 Å². The smallest absolute Gasteiger partial charge is 0.224 e. The summed E-state index contributed by atoms with van der Waals surface area (Å²) < 4.78 is 22.9. The number of hydrogen-bond acceptors (Lipinski definition) is 5. The molecule has 1 amide bonds. The first-order valence-electron chi connectivity index (χ1n) is 6.70. The van der Waals surface area contributed by atoms with Crippen molar-refractivity contribution in [1.82, 2.24) is 10.2 Å². The van der Waals surface area contributed by atoms with Crippen LogP contribution in [0.1, 0.15) is 26.7 Å². The van der Waals surface area contributed by atoms with Crippen LogP contribution in [0.2, 0.25) is 0 Å². The molecule has 0 aliphatic carbocycles. The zero-order valence-electron chi connectivity index (χ0n) is 11.6. The Labute approximate surface area is 115 Å². The van der Waals surface area contributed by atoms with Crippen molar-refractivity contribution in [2.75, 3.05) is 31.2 Å². The zero-order valence-corrected chi connectivity index (χ0v) is 12.4. The monoisotopic (exact) mass is 292 g/mol. The van der Waals surface area contributed by atoms with Gasteiger partial charge in [-0.2, -0.15) is 0 Å². The number of aliphatic hydroxyl groups is 1. The summed E-state index contributed by atoms with van der Waals surface area (Å²) in [7, 11) is -3.02. The highest BCUT2D eigenvalue weighted by Gasteiger charge is 2.34. The molecule has 1 atom stereocenters. The van der Waals surface area contributed by atoms with Gasteiger partial charge in [-0.25, -0.2) is 8.42 Å². The van der Waals surface area contributed by atoms with Gasteiger partial charge in [-0.05, 0) is 6.42 Å².